The van der Waals surface area contributed by atoms with Crippen LogP contribution in [0.5, 0.6) is 0 Å². The second kappa shape index (κ2) is 10.2. The molecule has 2 amide bonds. The lowest BCUT2D eigenvalue weighted by molar-refractivity contribution is -0.207. The molecule has 3 N–H and O–H groups in total. The minimum atomic E-state index is -5.26. The van der Waals surface area contributed by atoms with Crippen LogP contribution in [0.15, 0.2) is 61.2 Å². The summed E-state index contributed by atoms with van der Waals surface area (Å²) in [5.74, 6) is -3.83. The van der Waals surface area contributed by atoms with E-state index in [0.29, 0.717) is 6.92 Å². The number of alkyl halides is 3. The van der Waals surface area contributed by atoms with Gasteiger partial charge in [0.25, 0.3) is 0 Å². The van der Waals surface area contributed by atoms with Crippen LogP contribution in [0.4, 0.5) is 18.0 Å². The molecule has 0 saturated heterocycles. The Balaban J connectivity index is 1.71. The molecular weight excluding hydrogens is 465 g/mol. The van der Waals surface area contributed by atoms with Crippen molar-refractivity contribution in [1.82, 2.24) is 10.6 Å². The van der Waals surface area contributed by atoms with Crippen molar-refractivity contribution in [3.05, 3.63) is 72.3 Å². The fourth-order valence-electron chi connectivity index (χ4n) is 3.91. The number of benzene rings is 2. The Morgan fingerprint density at radius 3 is 2.11 bits per heavy atom. The molecule has 1 aliphatic rings. The van der Waals surface area contributed by atoms with Crippen molar-refractivity contribution in [2.24, 2.45) is 0 Å². The van der Waals surface area contributed by atoms with Crippen molar-refractivity contribution in [3.63, 3.8) is 0 Å². The number of aliphatic carboxylic acids is 1. The highest BCUT2D eigenvalue weighted by atomic mass is 19.4. The molecule has 2 unspecified atom stereocenters. The fourth-order valence-corrected chi connectivity index (χ4v) is 3.91. The van der Waals surface area contributed by atoms with Gasteiger partial charge in [0.15, 0.2) is 0 Å². The summed E-state index contributed by atoms with van der Waals surface area (Å²) < 4.78 is 45.3. The minimum absolute atomic E-state index is 0.0644. The Bertz CT molecular complexity index is 1090. The van der Waals surface area contributed by atoms with Crippen LogP contribution in [0.3, 0.4) is 0 Å². The van der Waals surface area contributed by atoms with Crippen LogP contribution in [-0.4, -0.2) is 47.4 Å². The molecule has 0 saturated carbocycles. The zero-order chi connectivity index (χ0) is 25.8. The molecule has 2 aromatic rings. The number of hydrogen-bond donors (Lipinski definition) is 3. The van der Waals surface area contributed by atoms with Crippen LogP contribution in [0.25, 0.3) is 11.1 Å². The predicted molar refractivity (Wildman–Crippen MR) is 122 cm³/mol. The van der Waals surface area contributed by atoms with Gasteiger partial charge >= 0.3 is 18.2 Å². The number of carbonyl (C=O) groups is 3. The van der Waals surface area contributed by atoms with E-state index in [9.17, 15) is 27.6 Å². The lowest BCUT2D eigenvalue weighted by Gasteiger charge is -2.30. The maximum absolute atomic E-state index is 13.3. The summed E-state index contributed by atoms with van der Waals surface area (Å²) in [6, 6.07) is 13.8. The number of carbonyl (C=O) groups excluding carboxylic acids is 2. The number of alkyl carbamates (subject to hydrolysis) is 1. The van der Waals surface area contributed by atoms with Crippen molar-refractivity contribution in [2.75, 3.05) is 6.61 Å². The second-order valence-corrected chi connectivity index (χ2v) is 8.31. The molecular formula is C25H25F3N2O5. The second-order valence-electron chi connectivity index (χ2n) is 8.31. The molecule has 186 valence electrons. The van der Waals surface area contributed by atoms with E-state index in [4.69, 9.17) is 9.84 Å². The Labute approximate surface area is 200 Å². The van der Waals surface area contributed by atoms with E-state index in [1.165, 1.54) is 11.4 Å². The molecule has 0 spiro atoms. The van der Waals surface area contributed by atoms with E-state index in [2.05, 4.69) is 11.9 Å². The van der Waals surface area contributed by atoms with Gasteiger partial charge in [-0.15, -0.1) is 6.58 Å². The lowest BCUT2D eigenvalue weighted by atomic mass is 9.98. The zero-order valence-electron chi connectivity index (χ0n) is 18.9. The summed E-state index contributed by atoms with van der Waals surface area (Å²) in [6.45, 7) is 3.77. The lowest BCUT2D eigenvalue weighted by Crippen LogP contribution is -2.64. The predicted octanol–water partition coefficient (Wildman–Crippen LogP) is 4.38. The first-order valence-corrected chi connectivity index (χ1v) is 10.8. The van der Waals surface area contributed by atoms with E-state index in [1.807, 2.05) is 48.5 Å². The van der Waals surface area contributed by atoms with Gasteiger partial charge in [-0.1, -0.05) is 54.6 Å². The SMILES string of the molecule is C=CCCC(NC(=O)OCC1c2ccccc2-c2ccccc21)C(=O)NC(C)(C(=O)O)C(F)(F)F. The zero-order valence-corrected chi connectivity index (χ0v) is 18.9. The molecule has 35 heavy (non-hydrogen) atoms. The van der Waals surface area contributed by atoms with E-state index in [0.717, 1.165) is 22.3 Å². The molecule has 0 aliphatic heterocycles. The number of nitrogens with one attached hydrogen (secondary N) is 2. The van der Waals surface area contributed by atoms with Gasteiger partial charge in [-0.2, -0.15) is 13.2 Å². The van der Waals surface area contributed by atoms with Crippen LogP contribution < -0.4 is 10.6 Å². The first-order valence-electron chi connectivity index (χ1n) is 10.8. The molecule has 7 nitrogen and oxygen atoms in total. The highest BCUT2D eigenvalue weighted by Gasteiger charge is 2.58. The van der Waals surface area contributed by atoms with Crippen molar-refractivity contribution in [3.8, 4) is 11.1 Å². The number of hydrogen-bond acceptors (Lipinski definition) is 4. The van der Waals surface area contributed by atoms with Crippen LogP contribution in [0.2, 0.25) is 0 Å². The Morgan fingerprint density at radius 1 is 1.09 bits per heavy atom. The van der Waals surface area contributed by atoms with Crippen LogP contribution in [0, 0.1) is 0 Å². The first-order chi connectivity index (χ1) is 16.5. The highest BCUT2D eigenvalue weighted by Crippen LogP contribution is 2.44. The summed E-state index contributed by atoms with van der Waals surface area (Å²) in [6.07, 6.45) is -4.79. The quantitative estimate of drug-likeness (QED) is 0.453. The maximum atomic E-state index is 13.3. The first kappa shape index (κ1) is 25.8. The number of fused-ring (bicyclic) bond motifs is 3. The number of ether oxygens (including phenoxy) is 1. The van der Waals surface area contributed by atoms with Gasteiger partial charge in [0, 0.05) is 5.92 Å². The Kier molecular flexibility index (Phi) is 7.52. The standard InChI is InChI=1S/C25H25F3N2O5/c1-3-4-13-20(21(31)30-24(2,22(32)33)25(26,27)28)29-23(34)35-14-19-17-11-7-5-9-15(17)16-10-6-8-12-18(16)19/h3,5-12,19-20H,1,4,13-14H2,2H3,(H,29,34)(H,30,31)(H,32,33). The van der Waals surface area contributed by atoms with Gasteiger partial charge in [0.05, 0.1) is 0 Å². The smallest absolute Gasteiger partial charge is 0.422 e. The molecule has 0 aromatic heterocycles. The van der Waals surface area contributed by atoms with E-state index in [-0.39, 0.29) is 25.4 Å². The molecule has 10 heteroatoms. The van der Waals surface area contributed by atoms with Gasteiger partial charge in [-0.3, -0.25) is 4.79 Å². The number of carboxylic acids is 1. The van der Waals surface area contributed by atoms with E-state index in [1.54, 1.807) is 0 Å². The summed E-state index contributed by atoms with van der Waals surface area (Å²) in [7, 11) is 0. The molecule has 0 fully saturated rings. The monoisotopic (exact) mass is 490 g/mol. The number of amides is 2. The summed E-state index contributed by atoms with van der Waals surface area (Å²) in [4.78, 5) is 36.3. The number of rotatable bonds is 9. The van der Waals surface area contributed by atoms with Crippen LogP contribution >= 0.6 is 0 Å². The third kappa shape index (κ3) is 5.31. The molecule has 2 aromatic carbocycles. The average Bonchev–Trinajstić information content (AvgIpc) is 3.13. The van der Waals surface area contributed by atoms with Gasteiger partial charge < -0.3 is 20.5 Å². The topological polar surface area (TPSA) is 105 Å². The Morgan fingerprint density at radius 2 is 1.63 bits per heavy atom. The number of carboxylic acid groups (broad SMARTS) is 1. The summed E-state index contributed by atoms with van der Waals surface area (Å²) >= 11 is 0. The van der Waals surface area contributed by atoms with Gasteiger partial charge in [0.1, 0.15) is 12.6 Å². The van der Waals surface area contributed by atoms with Crippen LogP contribution in [-0.2, 0) is 14.3 Å². The average molecular weight is 490 g/mol. The Hall–Kier alpha value is -3.82. The molecule has 0 radical (unpaired) electrons. The molecule has 1 aliphatic carbocycles. The normalized spacial score (nSPS) is 15.2. The molecule has 0 heterocycles. The molecule has 3 rings (SSSR count). The van der Waals surface area contributed by atoms with Crippen molar-refractivity contribution in [1.29, 1.82) is 0 Å². The molecule has 2 atom stereocenters. The summed E-state index contributed by atoms with van der Waals surface area (Å²) in [5.41, 5.74) is 0.426. The summed E-state index contributed by atoms with van der Waals surface area (Å²) in [5, 5.41) is 12.8. The fraction of sp³-hybridized carbons (Fsp3) is 0.320. The van der Waals surface area contributed by atoms with E-state index >= 15 is 0 Å². The number of halogens is 3. The third-order valence-electron chi connectivity index (χ3n) is 5.98. The molecule has 0 bridgehead atoms. The van der Waals surface area contributed by atoms with Gasteiger partial charge in [0.2, 0.25) is 11.4 Å². The van der Waals surface area contributed by atoms with Crippen LogP contribution in [0.1, 0.15) is 36.8 Å². The van der Waals surface area contributed by atoms with Crippen molar-refractivity contribution >= 4 is 18.0 Å². The maximum Gasteiger partial charge on any atom is 0.422 e. The minimum Gasteiger partial charge on any atom is -0.479 e. The highest BCUT2D eigenvalue weighted by molar-refractivity contribution is 5.91. The van der Waals surface area contributed by atoms with E-state index < -0.39 is 35.7 Å². The van der Waals surface area contributed by atoms with Gasteiger partial charge in [-0.25, -0.2) is 9.59 Å². The largest absolute Gasteiger partial charge is 0.479 e. The number of allylic oxidation sites excluding steroid dienone is 1. The van der Waals surface area contributed by atoms with Crippen molar-refractivity contribution in [2.45, 2.75) is 43.4 Å². The third-order valence-corrected chi connectivity index (χ3v) is 5.98. The van der Waals surface area contributed by atoms with Crippen molar-refractivity contribution < 1.29 is 37.4 Å². The van der Waals surface area contributed by atoms with Gasteiger partial charge in [-0.05, 0) is 42.0 Å².